The average molecular weight is 377 g/mol. The standard InChI is InChI=1S/C21H23N5O2/c1-13-11-26(12-22-13)16-4-5-18(20(27)10-16)19-6-7-21(25-24-19)28-17-8-14-2-3-15(9-17)23-14/h4-7,10-12,14-15,17,23,27H,2-3,8-9H2,1H3/t14-,15+,17-. The zero-order valence-electron chi connectivity index (χ0n) is 15.7. The second-order valence-corrected chi connectivity index (χ2v) is 7.73. The Balaban J connectivity index is 1.31. The summed E-state index contributed by atoms with van der Waals surface area (Å²) < 4.78 is 7.92. The van der Waals surface area contributed by atoms with Crippen LogP contribution in [0.15, 0.2) is 42.9 Å². The van der Waals surface area contributed by atoms with Gasteiger partial charge in [-0.2, -0.15) is 0 Å². The van der Waals surface area contributed by atoms with Gasteiger partial charge in [0.25, 0.3) is 0 Å². The minimum Gasteiger partial charge on any atom is -0.507 e. The van der Waals surface area contributed by atoms with E-state index in [4.69, 9.17) is 4.74 Å². The van der Waals surface area contributed by atoms with Gasteiger partial charge in [-0.3, -0.25) is 0 Å². The van der Waals surface area contributed by atoms with Crippen molar-refractivity contribution in [2.75, 3.05) is 0 Å². The van der Waals surface area contributed by atoms with Gasteiger partial charge in [-0.05, 0) is 50.8 Å². The maximum atomic E-state index is 10.5. The lowest BCUT2D eigenvalue weighted by Crippen LogP contribution is -2.42. The number of benzene rings is 1. The van der Waals surface area contributed by atoms with Crippen LogP contribution < -0.4 is 10.1 Å². The first-order valence-corrected chi connectivity index (χ1v) is 9.75. The number of hydrogen-bond acceptors (Lipinski definition) is 6. The smallest absolute Gasteiger partial charge is 0.233 e. The third-order valence-electron chi connectivity index (χ3n) is 5.62. The van der Waals surface area contributed by atoms with E-state index in [1.807, 2.05) is 42.0 Å². The van der Waals surface area contributed by atoms with Gasteiger partial charge in [0.05, 0.1) is 23.4 Å². The third kappa shape index (κ3) is 3.33. The Hall–Kier alpha value is -2.93. The van der Waals surface area contributed by atoms with Crippen molar-refractivity contribution in [2.45, 2.75) is 50.8 Å². The molecule has 2 saturated heterocycles. The van der Waals surface area contributed by atoms with E-state index < -0.39 is 0 Å². The summed E-state index contributed by atoms with van der Waals surface area (Å²) in [4.78, 5) is 4.22. The molecule has 3 aromatic rings. The van der Waals surface area contributed by atoms with Crippen LogP contribution in [0.2, 0.25) is 0 Å². The Morgan fingerprint density at radius 1 is 1.11 bits per heavy atom. The van der Waals surface area contributed by atoms with Crippen molar-refractivity contribution in [3.63, 3.8) is 0 Å². The molecule has 2 aliphatic heterocycles. The van der Waals surface area contributed by atoms with Crippen molar-refractivity contribution in [1.82, 2.24) is 25.1 Å². The van der Waals surface area contributed by atoms with Crippen LogP contribution in [0.4, 0.5) is 0 Å². The Kier molecular flexibility index (Phi) is 4.24. The van der Waals surface area contributed by atoms with Crippen molar-refractivity contribution >= 4 is 0 Å². The fraction of sp³-hybridized carbons (Fsp3) is 0.381. The Morgan fingerprint density at radius 2 is 1.93 bits per heavy atom. The van der Waals surface area contributed by atoms with Crippen LogP contribution in [0.3, 0.4) is 0 Å². The molecule has 1 aromatic carbocycles. The summed E-state index contributed by atoms with van der Waals surface area (Å²) in [6.07, 6.45) is 8.36. The second-order valence-electron chi connectivity index (χ2n) is 7.73. The highest BCUT2D eigenvalue weighted by atomic mass is 16.5. The summed E-state index contributed by atoms with van der Waals surface area (Å²) in [5.74, 6) is 0.696. The number of phenols is 1. The van der Waals surface area contributed by atoms with E-state index in [0.717, 1.165) is 24.2 Å². The van der Waals surface area contributed by atoms with Crippen molar-refractivity contribution in [2.24, 2.45) is 0 Å². The molecule has 2 N–H and O–H groups in total. The SMILES string of the molecule is Cc1cn(-c2ccc(-c3ccc(O[C@@H]4C[C@H]5CC[C@@H](C4)N5)nn3)c(O)c2)cn1. The van der Waals surface area contributed by atoms with Gasteiger partial charge in [0, 0.05) is 36.0 Å². The van der Waals surface area contributed by atoms with Crippen molar-refractivity contribution < 1.29 is 9.84 Å². The van der Waals surface area contributed by atoms with Gasteiger partial charge in [-0.15, -0.1) is 10.2 Å². The molecule has 0 amide bonds. The lowest BCUT2D eigenvalue weighted by molar-refractivity contribution is 0.130. The molecule has 7 heteroatoms. The number of rotatable bonds is 4. The van der Waals surface area contributed by atoms with E-state index in [2.05, 4.69) is 20.5 Å². The number of aromatic hydroxyl groups is 1. The molecule has 7 nitrogen and oxygen atoms in total. The van der Waals surface area contributed by atoms with E-state index in [1.165, 1.54) is 12.8 Å². The topological polar surface area (TPSA) is 85.1 Å². The van der Waals surface area contributed by atoms with Gasteiger partial charge in [0.1, 0.15) is 11.9 Å². The molecule has 0 unspecified atom stereocenters. The zero-order valence-corrected chi connectivity index (χ0v) is 15.7. The number of aromatic nitrogens is 4. The van der Waals surface area contributed by atoms with E-state index >= 15 is 0 Å². The molecule has 0 aliphatic carbocycles. The van der Waals surface area contributed by atoms with E-state index in [0.29, 0.717) is 29.2 Å². The van der Waals surface area contributed by atoms with Gasteiger partial charge in [0.15, 0.2) is 0 Å². The Bertz CT molecular complexity index is 973. The maximum absolute atomic E-state index is 10.5. The minimum atomic E-state index is 0.154. The van der Waals surface area contributed by atoms with Gasteiger partial charge in [-0.1, -0.05) is 0 Å². The molecule has 0 spiro atoms. The molecule has 5 rings (SSSR count). The summed E-state index contributed by atoms with van der Waals surface area (Å²) in [7, 11) is 0. The molecule has 0 radical (unpaired) electrons. The van der Waals surface area contributed by atoms with Crippen LogP contribution in [-0.2, 0) is 0 Å². The fourth-order valence-electron chi connectivity index (χ4n) is 4.26. The second kappa shape index (κ2) is 6.91. The number of hydrogen-bond donors (Lipinski definition) is 2. The van der Waals surface area contributed by atoms with Crippen LogP contribution in [0.1, 0.15) is 31.4 Å². The Morgan fingerprint density at radius 3 is 2.57 bits per heavy atom. The van der Waals surface area contributed by atoms with Gasteiger partial charge in [-0.25, -0.2) is 4.98 Å². The van der Waals surface area contributed by atoms with E-state index in [9.17, 15) is 5.11 Å². The highest BCUT2D eigenvalue weighted by molar-refractivity contribution is 5.68. The van der Waals surface area contributed by atoms with E-state index in [-0.39, 0.29) is 11.9 Å². The lowest BCUT2D eigenvalue weighted by Gasteiger charge is -2.28. The zero-order chi connectivity index (χ0) is 19.1. The largest absolute Gasteiger partial charge is 0.507 e. The molecule has 3 atom stereocenters. The molecule has 4 heterocycles. The predicted octanol–water partition coefficient (Wildman–Crippen LogP) is 3.01. The summed E-state index contributed by atoms with van der Waals surface area (Å²) in [5.41, 5.74) is 3.02. The maximum Gasteiger partial charge on any atom is 0.233 e. The van der Waals surface area contributed by atoms with Crippen LogP contribution in [0.25, 0.3) is 16.9 Å². The minimum absolute atomic E-state index is 0.154. The number of aryl methyl sites for hydroxylation is 1. The molecule has 144 valence electrons. The molecule has 2 fully saturated rings. The highest BCUT2D eigenvalue weighted by Gasteiger charge is 2.34. The number of nitrogens with one attached hydrogen (secondary N) is 1. The van der Waals surface area contributed by atoms with E-state index in [1.54, 1.807) is 12.4 Å². The molecule has 2 aliphatic rings. The summed E-state index contributed by atoms with van der Waals surface area (Å²) >= 11 is 0. The monoisotopic (exact) mass is 377 g/mol. The van der Waals surface area contributed by atoms with Crippen LogP contribution in [0, 0.1) is 6.92 Å². The lowest BCUT2D eigenvalue weighted by atomic mass is 10.0. The van der Waals surface area contributed by atoms with Gasteiger partial charge >= 0.3 is 0 Å². The van der Waals surface area contributed by atoms with Crippen molar-refractivity contribution in [3.8, 4) is 28.6 Å². The normalized spacial score (nSPS) is 23.7. The molecular weight excluding hydrogens is 354 g/mol. The number of nitrogens with zero attached hydrogens (tertiary/aromatic N) is 4. The summed E-state index contributed by atoms with van der Waals surface area (Å²) in [6.45, 7) is 1.93. The van der Waals surface area contributed by atoms with Gasteiger partial charge in [0.2, 0.25) is 5.88 Å². The first-order valence-electron chi connectivity index (χ1n) is 9.75. The third-order valence-corrected chi connectivity index (χ3v) is 5.62. The van der Waals surface area contributed by atoms with Crippen LogP contribution in [-0.4, -0.2) is 43.0 Å². The molecular formula is C21H23N5O2. The fourth-order valence-corrected chi connectivity index (χ4v) is 4.26. The molecule has 0 saturated carbocycles. The highest BCUT2D eigenvalue weighted by Crippen LogP contribution is 2.31. The first-order chi connectivity index (χ1) is 13.6. The van der Waals surface area contributed by atoms with Crippen LogP contribution in [0.5, 0.6) is 11.6 Å². The number of imidazole rings is 1. The summed E-state index contributed by atoms with van der Waals surface area (Å²) in [6, 6.07) is 10.3. The first kappa shape index (κ1) is 17.2. The van der Waals surface area contributed by atoms with Crippen molar-refractivity contribution in [1.29, 1.82) is 0 Å². The number of piperidine rings is 1. The summed E-state index contributed by atoms with van der Waals surface area (Å²) in [5, 5.41) is 22.6. The Labute approximate surface area is 163 Å². The van der Waals surface area contributed by atoms with Crippen LogP contribution >= 0.6 is 0 Å². The number of ether oxygens (including phenoxy) is 1. The molecule has 28 heavy (non-hydrogen) atoms. The number of fused-ring (bicyclic) bond motifs is 2. The predicted molar refractivity (Wildman–Crippen MR) is 105 cm³/mol. The molecule has 2 bridgehead atoms. The van der Waals surface area contributed by atoms with Gasteiger partial charge < -0.3 is 19.7 Å². The quantitative estimate of drug-likeness (QED) is 0.727. The average Bonchev–Trinajstić information content (AvgIpc) is 3.27. The molecule has 2 aromatic heterocycles. The number of phenolic OH excluding ortho intramolecular Hbond substituents is 1. The van der Waals surface area contributed by atoms with Crippen molar-refractivity contribution in [3.05, 3.63) is 48.5 Å².